The number of urea groups is 2. The number of rotatable bonds is 10. The number of halogens is 5. The van der Waals surface area contributed by atoms with Gasteiger partial charge in [-0.15, -0.1) is 13.2 Å². The molecule has 3 aromatic rings. The average molecular weight is 630 g/mol. The molecule has 11 nitrogen and oxygen atoms in total. The van der Waals surface area contributed by atoms with Crippen LogP contribution in [-0.2, 0) is 10.0 Å². The number of hydrogen-bond donors (Lipinski definition) is 5. The van der Waals surface area contributed by atoms with Crippen molar-refractivity contribution in [2.45, 2.75) is 24.6 Å². The maximum Gasteiger partial charge on any atom is 0.573 e. The largest absolute Gasteiger partial charge is 0.573 e. The number of carbonyl (C=O) groups excluding carboxylic acids is 3. The number of ether oxygens (including phenoxy) is 1. The van der Waals surface area contributed by atoms with Crippen LogP contribution in [0.5, 0.6) is 5.75 Å². The van der Waals surface area contributed by atoms with Crippen molar-refractivity contribution in [2.24, 2.45) is 0 Å². The number of nitrogens with one attached hydrogen (secondary N) is 5. The van der Waals surface area contributed by atoms with Crippen LogP contribution in [0.25, 0.3) is 0 Å². The number of anilines is 2. The fourth-order valence-corrected chi connectivity index (χ4v) is 4.46. The number of alkyl halides is 3. The van der Waals surface area contributed by atoms with Gasteiger partial charge in [0.25, 0.3) is 15.9 Å². The van der Waals surface area contributed by atoms with E-state index in [1.165, 1.54) is 24.3 Å². The minimum absolute atomic E-state index is 0.00373. The SMILES string of the molecule is Cc1cccc(S(=O)(=O)NC(=O)NCCCNC(=O)c2ccc(NC(=O)Nc3ccc(OC(F)(F)F)c(F)c3)c(F)c2)c1. The Hall–Kier alpha value is -4.93. The molecule has 0 atom stereocenters. The summed E-state index contributed by atoms with van der Waals surface area (Å²) in [7, 11) is -4.07. The van der Waals surface area contributed by atoms with Crippen molar-refractivity contribution >= 4 is 39.4 Å². The smallest absolute Gasteiger partial charge is 0.403 e. The summed E-state index contributed by atoms with van der Waals surface area (Å²) >= 11 is 0. The summed E-state index contributed by atoms with van der Waals surface area (Å²) in [5.41, 5.74) is -0.0253. The van der Waals surface area contributed by atoms with Gasteiger partial charge in [-0.2, -0.15) is 0 Å². The van der Waals surface area contributed by atoms with E-state index in [-0.39, 0.29) is 41.3 Å². The topological polar surface area (TPSA) is 155 Å². The molecule has 230 valence electrons. The predicted molar refractivity (Wildman–Crippen MR) is 144 cm³/mol. The second-order valence-electron chi connectivity index (χ2n) is 8.75. The van der Waals surface area contributed by atoms with Crippen LogP contribution in [0.1, 0.15) is 22.3 Å². The second-order valence-corrected chi connectivity index (χ2v) is 10.4. The van der Waals surface area contributed by atoms with E-state index in [1.54, 1.807) is 13.0 Å². The van der Waals surface area contributed by atoms with E-state index in [4.69, 9.17) is 0 Å². The van der Waals surface area contributed by atoms with Crippen molar-refractivity contribution in [1.82, 2.24) is 15.4 Å². The lowest BCUT2D eigenvalue weighted by atomic mass is 10.2. The highest BCUT2D eigenvalue weighted by atomic mass is 32.2. The molecule has 0 aliphatic carbocycles. The van der Waals surface area contributed by atoms with E-state index in [1.807, 2.05) is 4.72 Å². The van der Waals surface area contributed by atoms with Crippen molar-refractivity contribution in [3.8, 4) is 5.75 Å². The Bertz CT molecular complexity index is 1620. The summed E-state index contributed by atoms with van der Waals surface area (Å²) in [6.45, 7) is 1.74. The maximum atomic E-state index is 14.5. The molecule has 0 saturated heterocycles. The Morgan fingerprint density at radius 2 is 1.56 bits per heavy atom. The van der Waals surface area contributed by atoms with Crippen molar-refractivity contribution in [1.29, 1.82) is 0 Å². The van der Waals surface area contributed by atoms with Crippen molar-refractivity contribution in [2.75, 3.05) is 23.7 Å². The van der Waals surface area contributed by atoms with Crippen LogP contribution in [0.3, 0.4) is 0 Å². The zero-order valence-electron chi connectivity index (χ0n) is 22.1. The first-order valence-electron chi connectivity index (χ1n) is 12.2. The highest BCUT2D eigenvalue weighted by molar-refractivity contribution is 7.90. The van der Waals surface area contributed by atoms with E-state index in [0.717, 1.165) is 18.2 Å². The van der Waals surface area contributed by atoms with Crippen LogP contribution in [0.4, 0.5) is 42.9 Å². The summed E-state index contributed by atoms with van der Waals surface area (Å²) in [6, 6.07) is 9.21. The monoisotopic (exact) mass is 629 g/mol. The molecule has 0 spiro atoms. The molecular formula is C26H24F5N5O6S. The van der Waals surface area contributed by atoms with E-state index >= 15 is 0 Å². The molecule has 3 aromatic carbocycles. The maximum absolute atomic E-state index is 14.5. The number of aryl methyl sites for hydroxylation is 1. The third kappa shape index (κ3) is 10.1. The molecule has 0 bridgehead atoms. The Morgan fingerprint density at radius 1 is 0.837 bits per heavy atom. The Balaban J connectivity index is 1.43. The fourth-order valence-electron chi connectivity index (χ4n) is 3.42. The average Bonchev–Trinajstić information content (AvgIpc) is 2.90. The van der Waals surface area contributed by atoms with Gasteiger partial charge in [0.2, 0.25) is 0 Å². The van der Waals surface area contributed by atoms with Gasteiger partial charge in [0.15, 0.2) is 11.6 Å². The van der Waals surface area contributed by atoms with Gasteiger partial charge in [-0.25, -0.2) is 31.5 Å². The Labute approximate surface area is 241 Å². The van der Waals surface area contributed by atoms with Gasteiger partial charge in [-0.1, -0.05) is 12.1 Å². The number of hydrogen-bond acceptors (Lipinski definition) is 6. The lowest BCUT2D eigenvalue weighted by Crippen LogP contribution is -2.40. The van der Waals surface area contributed by atoms with E-state index < -0.39 is 51.7 Å². The molecule has 3 rings (SSSR count). The van der Waals surface area contributed by atoms with Crippen molar-refractivity contribution in [3.63, 3.8) is 0 Å². The molecular weight excluding hydrogens is 605 g/mol. The van der Waals surface area contributed by atoms with Gasteiger partial charge in [-0.3, -0.25) is 4.79 Å². The molecule has 17 heteroatoms. The van der Waals surface area contributed by atoms with Gasteiger partial charge in [-0.05, 0) is 61.4 Å². The van der Waals surface area contributed by atoms with Gasteiger partial charge in [0.1, 0.15) is 5.82 Å². The molecule has 0 heterocycles. The number of amides is 5. The van der Waals surface area contributed by atoms with Gasteiger partial charge in [0, 0.05) is 30.4 Å². The van der Waals surface area contributed by atoms with E-state index in [2.05, 4.69) is 26.0 Å². The lowest BCUT2D eigenvalue weighted by molar-refractivity contribution is -0.275. The highest BCUT2D eigenvalue weighted by Crippen LogP contribution is 2.27. The first-order chi connectivity index (χ1) is 20.1. The van der Waals surface area contributed by atoms with E-state index in [9.17, 15) is 44.8 Å². The van der Waals surface area contributed by atoms with Crippen molar-refractivity contribution < 1.29 is 49.5 Å². The molecule has 0 fully saturated rings. The van der Waals surface area contributed by atoms with Crippen LogP contribution in [0.15, 0.2) is 65.6 Å². The predicted octanol–water partition coefficient (Wildman–Crippen LogP) is 4.62. The molecule has 43 heavy (non-hydrogen) atoms. The van der Waals surface area contributed by atoms with Crippen LogP contribution >= 0.6 is 0 Å². The second kappa shape index (κ2) is 13.8. The standard InChI is InChI=1S/C26H24F5N5O6S/c1-15-4-2-5-18(12-15)43(40,41)36-24(38)33-11-3-10-32-23(37)16-6-8-21(19(27)13-16)35-25(39)34-17-7-9-22(20(28)14-17)42-26(29,30)31/h2,4-9,12-14H,3,10-11H2,1H3,(H,32,37)(H2,33,36,38)(H2,34,35,39). The number of sulfonamides is 1. The third-order valence-corrected chi connectivity index (χ3v) is 6.68. The summed E-state index contributed by atoms with van der Waals surface area (Å²) in [6.07, 6.45) is -4.91. The van der Waals surface area contributed by atoms with Gasteiger partial charge < -0.3 is 26.0 Å². The van der Waals surface area contributed by atoms with E-state index in [0.29, 0.717) is 17.7 Å². The first kappa shape index (κ1) is 32.6. The summed E-state index contributed by atoms with van der Waals surface area (Å²) in [5.74, 6) is -4.19. The minimum Gasteiger partial charge on any atom is -0.403 e. The third-order valence-electron chi connectivity index (χ3n) is 5.35. The quantitative estimate of drug-likeness (QED) is 0.163. The zero-order valence-corrected chi connectivity index (χ0v) is 23.0. The summed E-state index contributed by atoms with van der Waals surface area (Å²) < 4.78 is 94.9. The number of benzene rings is 3. The molecule has 0 aliphatic rings. The lowest BCUT2D eigenvalue weighted by Gasteiger charge is -2.12. The molecule has 0 aliphatic heterocycles. The highest BCUT2D eigenvalue weighted by Gasteiger charge is 2.32. The number of carbonyl (C=O) groups is 3. The normalized spacial score (nSPS) is 11.3. The fraction of sp³-hybridized carbons (Fsp3) is 0.192. The zero-order chi connectivity index (χ0) is 31.8. The minimum atomic E-state index is -5.11. The van der Waals surface area contributed by atoms with Crippen molar-refractivity contribution in [3.05, 3.63) is 83.4 Å². The molecule has 5 N–H and O–H groups in total. The molecule has 5 amide bonds. The molecule has 0 radical (unpaired) electrons. The Morgan fingerprint density at radius 3 is 2.21 bits per heavy atom. The van der Waals surface area contributed by atoms with Crippen LogP contribution in [0.2, 0.25) is 0 Å². The van der Waals surface area contributed by atoms with Crippen LogP contribution < -0.4 is 30.7 Å². The first-order valence-corrected chi connectivity index (χ1v) is 13.7. The van der Waals surface area contributed by atoms with Crippen LogP contribution in [-0.4, -0.2) is 45.8 Å². The van der Waals surface area contributed by atoms with Crippen LogP contribution in [0, 0.1) is 18.6 Å². The molecule has 0 aromatic heterocycles. The Kier molecular flexibility index (Phi) is 10.5. The summed E-state index contributed by atoms with van der Waals surface area (Å²) in [4.78, 5) is 36.3. The molecule has 0 saturated carbocycles. The summed E-state index contributed by atoms with van der Waals surface area (Å²) in [5, 5.41) is 9.06. The van der Waals surface area contributed by atoms with Gasteiger partial charge >= 0.3 is 18.4 Å². The van der Waals surface area contributed by atoms with Gasteiger partial charge in [0.05, 0.1) is 10.6 Å². The molecule has 0 unspecified atom stereocenters.